The Hall–Kier alpha value is 0.404. The number of hydrogen-bond donors (Lipinski definition) is 0. The van der Waals surface area contributed by atoms with Crippen LogP contribution in [0.3, 0.4) is 0 Å². The average Bonchev–Trinajstić information content (AvgIpc) is 2.42. The summed E-state index contributed by atoms with van der Waals surface area (Å²) in [4.78, 5) is 0. The topological polar surface area (TPSA) is 36.9 Å². The van der Waals surface area contributed by atoms with E-state index in [4.69, 9.17) is 16.5 Å². The Bertz CT molecular complexity index is 471. The van der Waals surface area contributed by atoms with Crippen molar-refractivity contribution < 1.29 is 16.5 Å². The van der Waals surface area contributed by atoms with E-state index in [0.29, 0.717) is 0 Å². The van der Waals surface area contributed by atoms with E-state index >= 15 is 0 Å². The molecule has 0 aromatic heterocycles. The molecule has 0 aromatic rings. The second-order valence-corrected chi connectivity index (χ2v) is 27.8. The molecule has 1 rings (SSSR count). The summed E-state index contributed by atoms with van der Waals surface area (Å²) < 4.78 is 26.3. The van der Waals surface area contributed by atoms with E-state index in [1.165, 1.54) is 18.5 Å². The predicted molar refractivity (Wildman–Crippen MR) is 119 cm³/mol. The normalized spacial score (nSPS) is 36.3. The molecule has 9 heteroatoms. The zero-order valence-corrected chi connectivity index (χ0v) is 22.5. The van der Waals surface area contributed by atoms with E-state index < -0.39 is 42.3 Å². The lowest BCUT2D eigenvalue weighted by atomic mass is 10.6. The molecule has 0 amide bonds. The molecule has 1 aliphatic heterocycles. The first-order valence-electron chi connectivity index (χ1n) is 9.29. The van der Waals surface area contributed by atoms with Gasteiger partial charge in [-0.05, 0) is 38.8 Å². The van der Waals surface area contributed by atoms with Crippen LogP contribution in [0.2, 0.25) is 64.0 Å². The molecule has 0 saturated carbocycles. The van der Waals surface area contributed by atoms with E-state index in [1.807, 2.05) is 11.4 Å². The second-order valence-electron chi connectivity index (χ2n) is 8.80. The van der Waals surface area contributed by atoms with E-state index in [2.05, 4.69) is 65.9 Å². The van der Waals surface area contributed by atoms with Crippen molar-refractivity contribution in [1.29, 1.82) is 0 Å². The van der Waals surface area contributed by atoms with Crippen LogP contribution in [0.25, 0.3) is 0 Å². The molecule has 2 unspecified atom stereocenters. The van der Waals surface area contributed by atoms with Gasteiger partial charge in [0.05, 0.1) is 0 Å². The molecule has 4 nitrogen and oxygen atoms in total. The first kappa shape index (κ1) is 23.4. The monoisotopic (exact) mass is 434 g/mol. The fourth-order valence-corrected chi connectivity index (χ4v) is 28.7. The summed E-state index contributed by atoms with van der Waals surface area (Å²) in [6, 6.07) is 3.55. The first-order valence-corrected chi connectivity index (χ1v) is 22.8. The predicted octanol–water partition coefficient (Wildman–Crippen LogP) is 5.55. The molecular weight excluding hydrogens is 397 g/mol. The van der Waals surface area contributed by atoms with Crippen molar-refractivity contribution in [2.24, 2.45) is 0 Å². The second kappa shape index (κ2) is 8.19. The summed E-state index contributed by atoms with van der Waals surface area (Å²) in [5.41, 5.74) is 3.76. The van der Waals surface area contributed by atoms with Gasteiger partial charge >= 0.3 is 34.2 Å². The highest BCUT2D eigenvalue weighted by Crippen LogP contribution is 2.35. The van der Waals surface area contributed by atoms with E-state index in [9.17, 15) is 0 Å². The highest BCUT2D eigenvalue weighted by Gasteiger charge is 2.54. The molecule has 0 aliphatic carbocycles. The summed E-state index contributed by atoms with van der Waals surface area (Å²) in [6.45, 7) is 25.6. The summed E-state index contributed by atoms with van der Waals surface area (Å²) in [5, 5.41) is 0. The molecule has 1 saturated heterocycles. The standard InChI is InChI=1S/C16H38O4Si5/c1-11-14-21(4,5)15-16-25(10)19-23(8,12-2)17-22(6,7)18-24(9,13-3)20-25/h12-13H,2-3,11,14-16H2,1,4-10H3. The smallest absolute Gasteiger partial charge is 0.343 e. The van der Waals surface area contributed by atoms with Crippen molar-refractivity contribution in [3.8, 4) is 0 Å². The molecule has 0 spiro atoms. The van der Waals surface area contributed by atoms with Gasteiger partial charge in [0.15, 0.2) is 0 Å². The Morgan fingerprint density at radius 2 is 1.24 bits per heavy atom. The molecule has 0 radical (unpaired) electrons. The number of hydrogen-bond acceptors (Lipinski definition) is 4. The van der Waals surface area contributed by atoms with Crippen molar-refractivity contribution >= 4 is 42.3 Å². The Kier molecular flexibility index (Phi) is 7.68. The largest absolute Gasteiger partial charge is 0.413 e. The zero-order valence-electron chi connectivity index (χ0n) is 17.5. The van der Waals surface area contributed by atoms with Crippen molar-refractivity contribution in [2.75, 3.05) is 0 Å². The summed E-state index contributed by atoms with van der Waals surface area (Å²) in [6.07, 6.45) is 1.25. The van der Waals surface area contributed by atoms with Gasteiger partial charge in [-0.2, -0.15) is 0 Å². The maximum absolute atomic E-state index is 6.70. The minimum Gasteiger partial charge on any atom is -0.413 e. The third-order valence-electron chi connectivity index (χ3n) is 4.66. The summed E-state index contributed by atoms with van der Waals surface area (Å²) in [5.74, 6) is 0. The molecular formula is C16H38O4Si5. The highest BCUT2D eigenvalue weighted by molar-refractivity contribution is 6.96. The number of rotatable bonds is 7. The molecule has 0 N–H and O–H groups in total. The lowest BCUT2D eigenvalue weighted by molar-refractivity contribution is 0.241. The van der Waals surface area contributed by atoms with Crippen LogP contribution in [0.15, 0.2) is 24.6 Å². The van der Waals surface area contributed by atoms with Gasteiger partial charge in [-0.25, -0.2) is 0 Å². The molecule has 1 fully saturated rings. The fourth-order valence-electron chi connectivity index (χ4n) is 3.55. The molecule has 1 heterocycles. The van der Waals surface area contributed by atoms with Crippen LogP contribution in [-0.4, -0.2) is 42.3 Å². The Morgan fingerprint density at radius 3 is 1.60 bits per heavy atom. The fraction of sp³-hybridized carbons (Fsp3) is 0.750. The Morgan fingerprint density at radius 1 is 0.800 bits per heavy atom. The van der Waals surface area contributed by atoms with Gasteiger partial charge in [0.2, 0.25) is 0 Å². The summed E-state index contributed by atoms with van der Waals surface area (Å²) in [7, 11) is -11.1. The molecule has 146 valence electrons. The van der Waals surface area contributed by atoms with Crippen LogP contribution in [0, 0.1) is 0 Å². The van der Waals surface area contributed by atoms with Gasteiger partial charge in [-0.1, -0.05) is 49.9 Å². The van der Waals surface area contributed by atoms with Gasteiger partial charge < -0.3 is 16.5 Å². The van der Waals surface area contributed by atoms with Gasteiger partial charge in [0.25, 0.3) is 0 Å². The third-order valence-corrected chi connectivity index (χ3v) is 25.1. The quantitative estimate of drug-likeness (QED) is 0.492. The molecule has 2 atom stereocenters. The van der Waals surface area contributed by atoms with E-state index in [1.54, 1.807) is 0 Å². The van der Waals surface area contributed by atoms with Crippen LogP contribution in [-0.2, 0) is 16.5 Å². The highest BCUT2D eigenvalue weighted by atomic mass is 28.5. The van der Waals surface area contributed by atoms with Crippen LogP contribution in [0.5, 0.6) is 0 Å². The van der Waals surface area contributed by atoms with Crippen LogP contribution >= 0.6 is 0 Å². The lowest BCUT2D eigenvalue weighted by Crippen LogP contribution is -2.66. The Labute approximate surface area is 160 Å². The first-order chi connectivity index (χ1) is 11.2. The molecule has 0 aromatic carbocycles. The zero-order chi connectivity index (χ0) is 19.6. The molecule has 25 heavy (non-hydrogen) atoms. The van der Waals surface area contributed by atoms with Gasteiger partial charge in [0, 0.05) is 8.07 Å². The van der Waals surface area contributed by atoms with Crippen molar-refractivity contribution in [2.45, 2.75) is 77.3 Å². The van der Waals surface area contributed by atoms with Gasteiger partial charge in [-0.15, -0.1) is 13.2 Å². The van der Waals surface area contributed by atoms with E-state index in [-0.39, 0.29) is 0 Å². The van der Waals surface area contributed by atoms with Crippen LogP contribution in [0.4, 0.5) is 0 Å². The maximum atomic E-state index is 6.70. The lowest BCUT2D eigenvalue weighted by Gasteiger charge is -2.48. The third kappa shape index (κ3) is 7.15. The van der Waals surface area contributed by atoms with Crippen LogP contribution < -0.4 is 0 Å². The van der Waals surface area contributed by atoms with Crippen molar-refractivity contribution in [3.05, 3.63) is 24.6 Å². The molecule has 0 bridgehead atoms. The average molecular weight is 435 g/mol. The molecule has 1 aliphatic rings. The SMILES string of the molecule is C=C[Si]1(C)O[Si](C)(C)O[Si](C)(C=C)O[Si](C)(CC[Si](C)(C)CCC)O1. The maximum Gasteiger partial charge on any atom is 0.343 e. The van der Waals surface area contributed by atoms with Gasteiger partial charge in [0.1, 0.15) is 0 Å². The minimum absolute atomic E-state index is 0.994. The van der Waals surface area contributed by atoms with E-state index in [0.717, 1.165) is 6.04 Å². The van der Waals surface area contributed by atoms with Gasteiger partial charge in [-0.3, -0.25) is 0 Å². The summed E-state index contributed by atoms with van der Waals surface area (Å²) >= 11 is 0. The van der Waals surface area contributed by atoms with Crippen molar-refractivity contribution in [3.63, 3.8) is 0 Å². The minimum atomic E-state index is -2.51. The van der Waals surface area contributed by atoms with Crippen molar-refractivity contribution in [1.82, 2.24) is 0 Å². The Balaban J connectivity index is 3.13. The van der Waals surface area contributed by atoms with Crippen LogP contribution in [0.1, 0.15) is 13.3 Å².